The van der Waals surface area contributed by atoms with Gasteiger partial charge in [0.25, 0.3) is 0 Å². The van der Waals surface area contributed by atoms with Gasteiger partial charge in [0.15, 0.2) is 11.3 Å². The van der Waals surface area contributed by atoms with Crippen LogP contribution < -0.4 is 4.90 Å². The highest BCUT2D eigenvalue weighted by molar-refractivity contribution is 7.99. The van der Waals surface area contributed by atoms with Crippen LogP contribution in [-0.4, -0.2) is 46.8 Å². The zero-order valence-electron chi connectivity index (χ0n) is 12.1. The number of aromatic nitrogens is 2. The molecule has 2 rings (SSSR count). The Labute approximate surface area is 130 Å². The van der Waals surface area contributed by atoms with Crippen LogP contribution in [0.1, 0.15) is 0 Å². The number of hydrogen-bond acceptors (Lipinski definition) is 4. The average molecular weight is 331 g/mol. The Hall–Kier alpha value is -1.67. The number of aliphatic hydroxyl groups excluding tert-OH is 1. The summed E-state index contributed by atoms with van der Waals surface area (Å²) in [4.78, 5) is 5.99. The lowest BCUT2D eigenvalue weighted by Crippen LogP contribution is -2.30. The molecule has 0 bridgehead atoms. The van der Waals surface area contributed by atoms with Crippen molar-refractivity contribution in [3.8, 4) is 5.69 Å². The minimum Gasteiger partial charge on any atom is -0.383 e. The van der Waals surface area contributed by atoms with Crippen LogP contribution in [0, 0.1) is 0 Å². The predicted molar refractivity (Wildman–Crippen MR) is 80.7 cm³/mol. The van der Waals surface area contributed by atoms with Crippen LogP contribution in [0.25, 0.3) is 5.69 Å². The third-order valence-electron chi connectivity index (χ3n) is 3.00. The van der Waals surface area contributed by atoms with Crippen molar-refractivity contribution < 1.29 is 18.3 Å². The van der Waals surface area contributed by atoms with Crippen molar-refractivity contribution in [3.05, 3.63) is 36.7 Å². The molecule has 8 heteroatoms. The standard InChI is InChI=1S/C14H16F3N3OS/c1-19(2)10-3-5-11(6-4-10)20-8-7-18-13(20)22-9-12(21)14(15,16)17/h3-8,12,21H,9H2,1-2H3/t12-/m1/s1. The molecule has 1 atom stereocenters. The molecule has 0 fully saturated rings. The minimum atomic E-state index is -4.61. The van der Waals surface area contributed by atoms with Crippen molar-refractivity contribution in [2.24, 2.45) is 0 Å². The fourth-order valence-corrected chi connectivity index (χ4v) is 2.69. The van der Waals surface area contributed by atoms with E-state index in [0.29, 0.717) is 5.16 Å². The maximum absolute atomic E-state index is 12.3. The molecule has 0 aliphatic carbocycles. The molecular formula is C14H16F3N3OS. The molecule has 0 saturated carbocycles. The van der Waals surface area contributed by atoms with E-state index in [4.69, 9.17) is 5.11 Å². The van der Waals surface area contributed by atoms with Crippen LogP contribution >= 0.6 is 11.8 Å². The number of rotatable bonds is 5. The topological polar surface area (TPSA) is 41.3 Å². The quantitative estimate of drug-likeness (QED) is 0.856. The first-order chi connectivity index (χ1) is 10.3. The average Bonchev–Trinajstić information content (AvgIpc) is 2.92. The van der Waals surface area contributed by atoms with E-state index in [1.807, 2.05) is 43.3 Å². The molecule has 1 heterocycles. The smallest absolute Gasteiger partial charge is 0.383 e. The molecule has 4 nitrogen and oxygen atoms in total. The summed E-state index contributed by atoms with van der Waals surface area (Å²) < 4.78 is 38.7. The van der Waals surface area contributed by atoms with Crippen LogP contribution in [0.2, 0.25) is 0 Å². The van der Waals surface area contributed by atoms with Gasteiger partial charge < -0.3 is 10.0 Å². The van der Waals surface area contributed by atoms with E-state index < -0.39 is 18.0 Å². The number of thioether (sulfide) groups is 1. The summed E-state index contributed by atoms with van der Waals surface area (Å²) in [6, 6.07) is 7.55. The summed E-state index contributed by atoms with van der Waals surface area (Å²) >= 11 is 0.865. The molecule has 2 aromatic rings. The highest BCUT2D eigenvalue weighted by Gasteiger charge is 2.38. The minimum absolute atomic E-state index is 0.404. The van der Waals surface area contributed by atoms with E-state index in [-0.39, 0.29) is 0 Å². The van der Waals surface area contributed by atoms with Gasteiger partial charge in [-0.25, -0.2) is 4.98 Å². The maximum Gasteiger partial charge on any atom is 0.415 e. The fourth-order valence-electron chi connectivity index (χ4n) is 1.75. The second kappa shape index (κ2) is 6.62. The molecule has 1 N–H and O–H groups in total. The number of alkyl halides is 3. The van der Waals surface area contributed by atoms with Crippen molar-refractivity contribution in [2.45, 2.75) is 17.4 Å². The van der Waals surface area contributed by atoms with Gasteiger partial charge in [0.1, 0.15) is 0 Å². The first kappa shape index (κ1) is 16.7. The Bertz CT molecular complexity index is 611. The zero-order valence-corrected chi connectivity index (χ0v) is 12.9. The van der Waals surface area contributed by atoms with E-state index in [0.717, 1.165) is 23.1 Å². The number of imidazole rings is 1. The second-order valence-electron chi connectivity index (χ2n) is 4.86. The van der Waals surface area contributed by atoms with Gasteiger partial charge >= 0.3 is 6.18 Å². The van der Waals surface area contributed by atoms with Crippen LogP contribution in [0.5, 0.6) is 0 Å². The summed E-state index contributed by atoms with van der Waals surface area (Å²) in [5, 5.41) is 9.46. The molecule has 0 aliphatic heterocycles. The Morgan fingerprint density at radius 3 is 2.45 bits per heavy atom. The number of hydrogen-bond donors (Lipinski definition) is 1. The summed E-state index contributed by atoms with van der Waals surface area (Å²) in [5.41, 5.74) is 1.82. The van der Waals surface area contributed by atoms with Crippen LogP contribution in [-0.2, 0) is 0 Å². The lowest BCUT2D eigenvalue weighted by molar-refractivity contribution is -0.195. The van der Waals surface area contributed by atoms with Gasteiger partial charge in [-0.15, -0.1) is 0 Å². The van der Waals surface area contributed by atoms with E-state index >= 15 is 0 Å². The molecule has 0 radical (unpaired) electrons. The summed E-state index contributed by atoms with van der Waals surface area (Å²) in [5.74, 6) is -0.490. The molecule has 1 aromatic carbocycles. The van der Waals surface area contributed by atoms with Gasteiger partial charge in [-0.05, 0) is 24.3 Å². The van der Waals surface area contributed by atoms with Gasteiger partial charge in [0, 0.05) is 43.6 Å². The fraction of sp³-hybridized carbons (Fsp3) is 0.357. The Morgan fingerprint density at radius 1 is 1.27 bits per heavy atom. The van der Waals surface area contributed by atoms with Gasteiger partial charge in [-0.1, -0.05) is 11.8 Å². The SMILES string of the molecule is CN(C)c1ccc(-n2ccnc2SC[C@@H](O)C(F)(F)F)cc1. The zero-order chi connectivity index (χ0) is 16.3. The molecule has 0 unspecified atom stereocenters. The number of nitrogens with zero attached hydrogens (tertiary/aromatic N) is 3. The number of anilines is 1. The molecule has 22 heavy (non-hydrogen) atoms. The van der Waals surface area contributed by atoms with Crippen LogP contribution in [0.3, 0.4) is 0 Å². The van der Waals surface area contributed by atoms with E-state index in [9.17, 15) is 13.2 Å². The Kier molecular flexibility index (Phi) is 5.02. The molecule has 0 saturated heterocycles. The lowest BCUT2D eigenvalue weighted by atomic mass is 10.2. The van der Waals surface area contributed by atoms with Gasteiger partial charge in [-0.2, -0.15) is 13.2 Å². The van der Waals surface area contributed by atoms with Crippen molar-refractivity contribution in [3.63, 3.8) is 0 Å². The largest absolute Gasteiger partial charge is 0.415 e. The second-order valence-corrected chi connectivity index (χ2v) is 5.85. The highest BCUT2D eigenvalue weighted by atomic mass is 32.2. The number of aliphatic hydroxyl groups is 1. The molecule has 1 aromatic heterocycles. The first-order valence-electron chi connectivity index (χ1n) is 6.47. The number of halogens is 3. The Balaban J connectivity index is 2.12. The summed E-state index contributed by atoms with van der Waals surface area (Å²) in [6.07, 6.45) is -3.79. The molecule has 120 valence electrons. The monoisotopic (exact) mass is 331 g/mol. The van der Waals surface area contributed by atoms with Crippen LogP contribution in [0.4, 0.5) is 18.9 Å². The van der Waals surface area contributed by atoms with Crippen molar-refractivity contribution >= 4 is 17.4 Å². The van der Waals surface area contributed by atoms with E-state index in [2.05, 4.69) is 4.98 Å². The third-order valence-corrected chi connectivity index (χ3v) is 4.04. The van der Waals surface area contributed by atoms with Gasteiger partial charge in [0.05, 0.1) is 0 Å². The maximum atomic E-state index is 12.3. The summed E-state index contributed by atoms with van der Waals surface area (Å²) in [6.45, 7) is 0. The molecule has 0 amide bonds. The van der Waals surface area contributed by atoms with Gasteiger partial charge in [0.2, 0.25) is 0 Å². The molecular weight excluding hydrogens is 315 g/mol. The molecule has 0 spiro atoms. The van der Waals surface area contributed by atoms with E-state index in [1.54, 1.807) is 10.8 Å². The van der Waals surface area contributed by atoms with Gasteiger partial charge in [-0.3, -0.25) is 4.57 Å². The highest BCUT2D eigenvalue weighted by Crippen LogP contribution is 2.27. The number of benzene rings is 1. The normalized spacial score (nSPS) is 13.2. The lowest BCUT2D eigenvalue weighted by Gasteiger charge is -2.15. The van der Waals surface area contributed by atoms with E-state index in [1.165, 1.54) is 6.20 Å². The summed E-state index contributed by atoms with van der Waals surface area (Å²) in [7, 11) is 3.85. The predicted octanol–water partition coefficient (Wildman–Crippen LogP) is 2.95. The molecule has 0 aliphatic rings. The van der Waals surface area contributed by atoms with Crippen molar-refractivity contribution in [2.75, 3.05) is 24.7 Å². The van der Waals surface area contributed by atoms with Crippen LogP contribution in [0.15, 0.2) is 41.8 Å². The third kappa shape index (κ3) is 3.95. The Morgan fingerprint density at radius 2 is 1.91 bits per heavy atom. The first-order valence-corrected chi connectivity index (χ1v) is 7.46. The van der Waals surface area contributed by atoms with Crippen molar-refractivity contribution in [1.82, 2.24) is 9.55 Å². The van der Waals surface area contributed by atoms with Crippen molar-refractivity contribution in [1.29, 1.82) is 0 Å².